The fourth-order valence-corrected chi connectivity index (χ4v) is 4.74. The van der Waals surface area contributed by atoms with Crippen LogP contribution in [0.25, 0.3) is 17.0 Å². The average Bonchev–Trinajstić information content (AvgIpc) is 3.56. The van der Waals surface area contributed by atoms with Gasteiger partial charge in [0.25, 0.3) is 0 Å². The number of nitriles is 1. The van der Waals surface area contributed by atoms with Crippen LogP contribution in [-0.2, 0) is 4.79 Å². The Morgan fingerprint density at radius 3 is 2.82 bits per heavy atom. The van der Waals surface area contributed by atoms with Crippen LogP contribution in [0.2, 0.25) is 5.02 Å². The Labute approximate surface area is 226 Å². The summed E-state index contributed by atoms with van der Waals surface area (Å²) in [5.74, 6) is -1.62. The van der Waals surface area contributed by atoms with Gasteiger partial charge in [0.15, 0.2) is 5.65 Å². The summed E-state index contributed by atoms with van der Waals surface area (Å²) in [7, 11) is 0. The van der Waals surface area contributed by atoms with Gasteiger partial charge in [0.2, 0.25) is 5.95 Å². The zero-order valence-electron chi connectivity index (χ0n) is 20.6. The second kappa shape index (κ2) is 10.4. The van der Waals surface area contributed by atoms with Gasteiger partial charge >= 0.3 is 12.1 Å². The molecule has 4 aromatic rings. The number of rotatable bonds is 6. The van der Waals surface area contributed by atoms with E-state index in [0.717, 1.165) is 11.3 Å². The van der Waals surface area contributed by atoms with Gasteiger partial charge in [0.1, 0.15) is 11.8 Å². The number of hydrogen-bond acceptors (Lipinski definition) is 7. The lowest BCUT2D eigenvalue weighted by atomic mass is 10.1. The number of amides is 1. The number of pyridine rings is 1. The molecule has 1 fully saturated rings. The molecule has 2 atom stereocenters. The summed E-state index contributed by atoms with van der Waals surface area (Å²) in [6.07, 6.45) is 0.334. The molecule has 39 heavy (non-hydrogen) atoms. The lowest BCUT2D eigenvalue weighted by Gasteiger charge is -2.22. The van der Waals surface area contributed by atoms with Crippen LogP contribution in [0, 0.1) is 11.3 Å². The monoisotopic (exact) mass is 554 g/mol. The molecule has 1 aliphatic heterocycles. The van der Waals surface area contributed by atoms with Crippen molar-refractivity contribution in [1.82, 2.24) is 24.7 Å². The lowest BCUT2D eigenvalue weighted by Crippen LogP contribution is -2.44. The van der Waals surface area contributed by atoms with E-state index < -0.39 is 18.1 Å². The van der Waals surface area contributed by atoms with Gasteiger partial charge in [0, 0.05) is 31.0 Å². The summed E-state index contributed by atoms with van der Waals surface area (Å²) < 4.78 is 39.6. The SMILES string of the molecule is C[C@H](Nc1ncc(C#N)c(-c2cnc3c(Cl)cccn23)n1)c1cccc(N2CC[C@@H](NC(=O)C(F)(F)F)C2)c1. The van der Waals surface area contributed by atoms with Crippen LogP contribution in [0.5, 0.6) is 0 Å². The van der Waals surface area contributed by atoms with Crippen LogP contribution in [0.3, 0.4) is 0 Å². The minimum atomic E-state index is -4.90. The van der Waals surface area contributed by atoms with E-state index in [9.17, 15) is 23.2 Å². The van der Waals surface area contributed by atoms with Crippen molar-refractivity contribution in [1.29, 1.82) is 5.26 Å². The smallest absolute Gasteiger partial charge is 0.369 e. The Morgan fingerprint density at radius 1 is 1.23 bits per heavy atom. The van der Waals surface area contributed by atoms with Gasteiger partial charge in [-0.25, -0.2) is 15.0 Å². The van der Waals surface area contributed by atoms with Crippen molar-refractivity contribution < 1.29 is 18.0 Å². The molecule has 13 heteroatoms. The molecule has 0 saturated carbocycles. The number of imidazole rings is 1. The molecule has 200 valence electrons. The first-order chi connectivity index (χ1) is 18.6. The molecule has 2 N–H and O–H groups in total. The highest BCUT2D eigenvalue weighted by atomic mass is 35.5. The van der Waals surface area contributed by atoms with Gasteiger partial charge in [0.05, 0.1) is 34.7 Å². The molecule has 0 spiro atoms. The molecule has 0 bridgehead atoms. The predicted molar refractivity (Wildman–Crippen MR) is 139 cm³/mol. The highest BCUT2D eigenvalue weighted by Gasteiger charge is 2.40. The number of alkyl halides is 3. The third kappa shape index (κ3) is 5.44. The van der Waals surface area contributed by atoms with E-state index in [0.29, 0.717) is 41.0 Å². The zero-order chi connectivity index (χ0) is 27.7. The van der Waals surface area contributed by atoms with Gasteiger partial charge in [-0.3, -0.25) is 9.20 Å². The summed E-state index contributed by atoms with van der Waals surface area (Å²) in [6, 6.07) is 12.4. The van der Waals surface area contributed by atoms with E-state index in [2.05, 4.69) is 31.7 Å². The Balaban J connectivity index is 1.33. The number of aromatic nitrogens is 4. The molecule has 1 aromatic carbocycles. The van der Waals surface area contributed by atoms with Gasteiger partial charge in [-0.1, -0.05) is 23.7 Å². The number of benzene rings is 1. The first kappa shape index (κ1) is 26.2. The largest absolute Gasteiger partial charge is 0.471 e. The van der Waals surface area contributed by atoms with Crippen LogP contribution in [0.4, 0.5) is 24.8 Å². The normalized spacial score (nSPS) is 16.2. The van der Waals surface area contributed by atoms with E-state index >= 15 is 0 Å². The molecule has 1 aliphatic rings. The van der Waals surface area contributed by atoms with Crippen LogP contribution in [0.1, 0.15) is 30.5 Å². The number of carbonyl (C=O) groups excluding carboxylic acids is 1. The zero-order valence-corrected chi connectivity index (χ0v) is 21.3. The van der Waals surface area contributed by atoms with Crippen molar-refractivity contribution in [2.75, 3.05) is 23.3 Å². The maximum atomic E-state index is 12.6. The highest BCUT2D eigenvalue weighted by molar-refractivity contribution is 6.33. The standard InChI is InChI=1S/C26H22ClF3N8O/c1-15(16-4-2-5-19(10-16)37-9-7-18(14-37)35-24(39)26(28,29)30)34-25-33-12-17(11-31)22(36-25)21-13-32-23-20(27)6-3-8-38(21)23/h2-6,8,10,12-13,15,18H,7,9,14H2,1H3,(H,35,39)(H,33,34,36)/t15-,18+/m0/s1. The maximum Gasteiger partial charge on any atom is 0.471 e. The maximum absolute atomic E-state index is 12.6. The summed E-state index contributed by atoms with van der Waals surface area (Å²) >= 11 is 6.25. The van der Waals surface area contributed by atoms with E-state index in [4.69, 9.17) is 11.6 Å². The fourth-order valence-electron chi connectivity index (χ4n) is 4.53. The first-order valence-electron chi connectivity index (χ1n) is 12.0. The van der Waals surface area contributed by atoms with Crippen molar-refractivity contribution in [3.63, 3.8) is 0 Å². The minimum Gasteiger partial charge on any atom is -0.369 e. The lowest BCUT2D eigenvalue weighted by molar-refractivity contribution is -0.174. The number of halogens is 4. The summed E-state index contributed by atoms with van der Waals surface area (Å²) in [4.78, 5) is 26.5. The predicted octanol–water partition coefficient (Wildman–Crippen LogP) is 4.75. The topological polar surface area (TPSA) is 111 Å². The summed E-state index contributed by atoms with van der Waals surface area (Å²) in [5.41, 5.74) is 3.53. The second-order valence-electron chi connectivity index (χ2n) is 9.12. The Kier molecular flexibility index (Phi) is 7.01. The van der Waals surface area contributed by atoms with Crippen molar-refractivity contribution in [3.05, 3.63) is 71.1 Å². The quantitative estimate of drug-likeness (QED) is 0.354. The minimum absolute atomic E-state index is 0.245. The van der Waals surface area contributed by atoms with Gasteiger partial charge in [-0.2, -0.15) is 18.4 Å². The van der Waals surface area contributed by atoms with Crippen LogP contribution in [-0.4, -0.2) is 50.6 Å². The van der Waals surface area contributed by atoms with E-state index in [-0.39, 0.29) is 18.2 Å². The average molecular weight is 555 g/mol. The van der Waals surface area contributed by atoms with Crippen molar-refractivity contribution in [2.45, 2.75) is 31.6 Å². The van der Waals surface area contributed by atoms with E-state index in [1.54, 1.807) is 28.9 Å². The van der Waals surface area contributed by atoms with Crippen LogP contribution >= 0.6 is 11.6 Å². The molecule has 0 aliphatic carbocycles. The van der Waals surface area contributed by atoms with E-state index in [1.165, 1.54) is 6.20 Å². The summed E-state index contributed by atoms with van der Waals surface area (Å²) in [5, 5.41) is 15.4. The second-order valence-corrected chi connectivity index (χ2v) is 9.53. The number of nitrogens with zero attached hydrogens (tertiary/aromatic N) is 6. The Hall–Kier alpha value is -4.37. The Bertz CT molecular complexity index is 1580. The molecule has 3 aromatic heterocycles. The van der Waals surface area contributed by atoms with Crippen LogP contribution in [0.15, 0.2) is 55.0 Å². The van der Waals surface area contributed by atoms with Crippen molar-refractivity contribution in [2.24, 2.45) is 0 Å². The Morgan fingerprint density at radius 2 is 2.05 bits per heavy atom. The van der Waals surface area contributed by atoms with Gasteiger partial charge in [-0.15, -0.1) is 0 Å². The third-order valence-corrected chi connectivity index (χ3v) is 6.80. The number of hydrogen-bond donors (Lipinski definition) is 2. The molecule has 0 radical (unpaired) electrons. The fraction of sp³-hybridized carbons (Fsp3) is 0.269. The molecule has 4 heterocycles. The first-order valence-corrected chi connectivity index (χ1v) is 12.4. The molecular formula is C26H22ClF3N8O. The molecule has 9 nitrogen and oxygen atoms in total. The molecule has 0 unspecified atom stereocenters. The number of anilines is 2. The number of carbonyl (C=O) groups is 1. The van der Waals surface area contributed by atoms with Gasteiger partial charge in [-0.05, 0) is 43.2 Å². The summed E-state index contributed by atoms with van der Waals surface area (Å²) in [6.45, 7) is 2.71. The van der Waals surface area contributed by atoms with Gasteiger partial charge < -0.3 is 15.5 Å². The van der Waals surface area contributed by atoms with Crippen LogP contribution < -0.4 is 15.5 Å². The van der Waals surface area contributed by atoms with Crippen molar-refractivity contribution >= 4 is 34.8 Å². The number of nitrogens with one attached hydrogen (secondary N) is 2. The molecular weight excluding hydrogens is 533 g/mol. The van der Waals surface area contributed by atoms with E-state index in [1.807, 2.05) is 36.1 Å². The molecule has 1 amide bonds. The molecule has 5 rings (SSSR count). The highest BCUT2D eigenvalue weighted by Crippen LogP contribution is 2.29. The van der Waals surface area contributed by atoms with Crippen molar-refractivity contribution in [3.8, 4) is 17.5 Å². The molecule has 1 saturated heterocycles. The third-order valence-electron chi connectivity index (χ3n) is 6.50. The number of fused-ring (bicyclic) bond motifs is 1.